The van der Waals surface area contributed by atoms with E-state index in [2.05, 4.69) is 10.3 Å². The van der Waals surface area contributed by atoms with Gasteiger partial charge in [0, 0.05) is 47.4 Å². The van der Waals surface area contributed by atoms with Crippen molar-refractivity contribution in [3.63, 3.8) is 0 Å². The fraction of sp³-hybridized carbons (Fsp3) is 0.208. The molecule has 0 spiro atoms. The molecule has 2 aromatic carbocycles. The minimum atomic E-state index is -0.477. The number of nitrogens with one attached hydrogen (secondary N) is 1. The van der Waals surface area contributed by atoms with Crippen LogP contribution in [0.15, 0.2) is 67.0 Å². The first-order valence-corrected chi connectivity index (χ1v) is 9.56. The van der Waals surface area contributed by atoms with Crippen LogP contribution in [0.2, 0.25) is 0 Å². The van der Waals surface area contributed by atoms with Crippen molar-refractivity contribution in [3.05, 3.63) is 83.9 Å². The Morgan fingerprint density at radius 1 is 0.933 bits per heavy atom. The van der Waals surface area contributed by atoms with E-state index in [1.807, 2.05) is 20.8 Å². The normalized spacial score (nSPS) is 11.1. The second-order valence-electron chi connectivity index (χ2n) is 8.05. The third-order valence-electron chi connectivity index (χ3n) is 4.52. The van der Waals surface area contributed by atoms with Crippen LogP contribution < -0.4 is 10.2 Å². The number of benzene rings is 2. The zero-order valence-corrected chi connectivity index (χ0v) is 17.4. The molecule has 0 aliphatic rings. The third-order valence-corrected chi connectivity index (χ3v) is 4.52. The van der Waals surface area contributed by atoms with Crippen LogP contribution in [0.25, 0.3) is 11.1 Å². The number of pyridine rings is 1. The molecular weight excluding hydrogens is 381 g/mol. The topological polar surface area (TPSA) is 62.3 Å². The molecule has 1 N–H and O–H groups in total. The molecule has 1 heterocycles. The summed E-state index contributed by atoms with van der Waals surface area (Å²) in [5.41, 5.74) is 2.11. The summed E-state index contributed by atoms with van der Waals surface area (Å²) >= 11 is 0. The van der Waals surface area contributed by atoms with E-state index in [0.717, 1.165) is 0 Å². The number of hydrogen-bond acceptors (Lipinski definition) is 3. The maximum absolute atomic E-state index is 14.6. The van der Waals surface area contributed by atoms with Crippen LogP contribution in [0.4, 0.5) is 10.1 Å². The molecule has 3 rings (SSSR count). The predicted octanol–water partition coefficient (Wildman–Crippen LogP) is 4.69. The van der Waals surface area contributed by atoms with Gasteiger partial charge in [0.05, 0.1) is 0 Å². The molecule has 0 aliphatic heterocycles. The Bertz CT molecular complexity index is 1060. The number of anilines is 1. The zero-order chi connectivity index (χ0) is 21.9. The van der Waals surface area contributed by atoms with Crippen LogP contribution >= 0.6 is 0 Å². The minimum absolute atomic E-state index is 0.184. The lowest BCUT2D eigenvalue weighted by atomic mass is 10.0. The Hall–Kier alpha value is -3.54. The summed E-state index contributed by atoms with van der Waals surface area (Å²) < 4.78 is 14.6. The molecule has 0 aliphatic carbocycles. The largest absolute Gasteiger partial charge is 0.347 e. The first-order chi connectivity index (χ1) is 14.2. The van der Waals surface area contributed by atoms with Gasteiger partial charge in [-0.3, -0.25) is 14.6 Å². The number of rotatable bonds is 4. The molecule has 3 aromatic rings. The van der Waals surface area contributed by atoms with Crippen molar-refractivity contribution < 1.29 is 14.0 Å². The second kappa shape index (κ2) is 8.45. The highest BCUT2D eigenvalue weighted by molar-refractivity contribution is 6.06. The highest BCUT2D eigenvalue weighted by Gasteiger charge is 2.18. The second-order valence-corrected chi connectivity index (χ2v) is 8.05. The van der Waals surface area contributed by atoms with Crippen molar-refractivity contribution >= 4 is 17.5 Å². The van der Waals surface area contributed by atoms with Gasteiger partial charge in [0.1, 0.15) is 5.82 Å². The molecular formula is C24H24FN3O2. The molecule has 0 saturated carbocycles. The average Bonchev–Trinajstić information content (AvgIpc) is 2.72. The Morgan fingerprint density at radius 3 is 2.10 bits per heavy atom. The lowest BCUT2D eigenvalue weighted by molar-refractivity contribution is 0.0919. The highest BCUT2D eigenvalue weighted by atomic mass is 19.1. The van der Waals surface area contributed by atoms with Gasteiger partial charge < -0.3 is 10.2 Å². The van der Waals surface area contributed by atoms with Crippen LogP contribution in [0, 0.1) is 5.82 Å². The molecule has 0 fully saturated rings. The van der Waals surface area contributed by atoms with Crippen LogP contribution in [-0.4, -0.2) is 29.4 Å². The van der Waals surface area contributed by atoms with Crippen LogP contribution in [0.3, 0.4) is 0 Å². The fourth-order valence-electron chi connectivity index (χ4n) is 2.97. The van der Waals surface area contributed by atoms with Gasteiger partial charge in [-0.05, 0) is 74.9 Å². The molecule has 2 amide bonds. The van der Waals surface area contributed by atoms with E-state index in [1.165, 1.54) is 11.0 Å². The molecule has 0 unspecified atom stereocenters. The molecule has 30 heavy (non-hydrogen) atoms. The molecule has 1 aromatic heterocycles. The van der Waals surface area contributed by atoms with Crippen LogP contribution in [-0.2, 0) is 0 Å². The van der Waals surface area contributed by atoms with Crippen molar-refractivity contribution in [2.45, 2.75) is 26.3 Å². The number of aromatic nitrogens is 1. The Kier molecular flexibility index (Phi) is 5.96. The Morgan fingerprint density at radius 2 is 1.53 bits per heavy atom. The summed E-state index contributed by atoms with van der Waals surface area (Å²) in [7, 11) is 1.61. The molecule has 0 radical (unpaired) electrons. The van der Waals surface area contributed by atoms with Gasteiger partial charge in [-0.15, -0.1) is 0 Å². The number of nitrogens with zero attached hydrogens (tertiary/aromatic N) is 2. The summed E-state index contributed by atoms with van der Waals surface area (Å²) in [5, 5.41) is 2.89. The summed E-state index contributed by atoms with van der Waals surface area (Å²) in [5.74, 6) is -1.01. The van der Waals surface area contributed by atoms with Crippen molar-refractivity contribution in [1.29, 1.82) is 0 Å². The van der Waals surface area contributed by atoms with Crippen molar-refractivity contribution in [2.24, 2.45) is 0 Å². The van der Waals surface area contributed by atoms with Gasteiger partial charge in [-0.25, -0.2) is 4.39 Å². The summed E-state index contributed by atoms with van der Waals surface area (Å²) in [4.78, 5) is 30.4. The monoisotopic (exact) mass is 405 g/mol. The molecule has 5 nitrogen and oxygen atoms in total. The smallest absolute Gasteiger partial charge is 0.258 e. The van der Waals surface area contributed by atoms with E-state index in [1.54, 1.807) is 68.0 Å². The molecule has 154 valence electrons. The average molecular weight is 405 g/mol. The number of carbonyl (C=O) groups excluding carboxylic acids is 2. The van der Waals surface area contributed by atoms with E-state index in [0.29, 0.717) is 22.4 Å². The van der Waals surface area contributed by atoms with Crippen molar-refractivity contribution in [1.82, 2.24) is 10.3 Å². The number of amides is 2. The van der Waals surface area contributed by atoms with E-state index in [9.17, 15) is 14.0 Å². The molecule has 6 heteroatoms. The Labute approximate surface area is 175 Å². The van der Waals surface area contributed by atoms with Crippen molar-refractivity contribution in [2.75, 3.05) is 11.9 Å². The highest BCUT2D eigenvalue weighted by Crippen LogP contribution is 2.24. The molecule has 0 saturated heterocycles. The maximum atomic E-state index is 14.6. The first-order valence-electron chi connectivity index (χ1n) is 9.56. The minimum Gasteiger partial charge on any atom is -0.347 e. The van der Waals surface area contributed by atoms with E-state index in [-0.39, 0.29) is 22.9 Å². The van der Waals surface area contributed by atoms with Gasteiger partial charge >= 0.3 is 0 Å². The van der Waals surface area contributed by atoms with Gasteiger partial charge in [0.2, 0.25) is 0 Å². The summed E-state index contributed by atoms with van der Waals surface area (Å²) in [6.07, 6.45) is 3.18. The fourth-order valence-corrected chi connectivity index (χ4v) is 2.97. The van der Waals surface area contributed by atoms with E-state index < -0.39 is 5.82 Å². The maximum Gasteiger partial charge on any atom is 0.258 e. The Balaban J connectivity index is 1.77. The van der Waals surface area contributed by atoms with Crippen LogP contribution in [0.1, 0.15) is 41.5 Å². The quantitative estimate of drug-likeness (QED) is 0.685. The lowest BCUT2D eigenvalue weighted by Gasteiger charge is -2.21. The zero-order valence-electron chi connectivity index (χ0n) is 17.4. The van der Waals surface area contributed by atoms with Gasteiger partial charge in [0.15, 0.2) is 0 Å². The van der Waals surface area contributed by atoms with Gasteiger partial charge in [-0.2, -0.15) is 0 Å². The predicted molar refractivity (Wildman–Crippen MR) is 116 cm³/mol. The number of carbonyl (C=O) groups is 2. The summed E-state index contributed by atoms with van der Waals surface area (Å²) in [6, 6.07) is 14.6. The van der Waals surface area contributed by atoms with Crippen LogP contribution in [0.5, 0.6) is 0 Å². The van der Waals surface area contributed by atoms with Gasteiger partial charge in [-0.1, -0.05) is 6.07 Å². The number of hydrogen-bond donors (Lipinski definition) is 1. The van der Waals surface area contributed by atoms with E-state index in [4.69, 9.17) is 0 Å². The third kappa shape index (κ3) is 4.89. The van der Waals surface area contributed by atoms with E-state index >= 15 is 0 Å². The van der Waals surface area contributed by atoms with Crippen molar-refractivity contribution in [3.8, 4) is 11.1 Å². The summed E-state index contributed by atoms with van der Waals surface area (Å²) in [6.45, 7) is 5.72. The molecule has 0 atom stereocenters. The number of halogens is 1. The standard InChI is InChI=1S/C24H24FN3O2/c1-24(2,3)27-22(29)17-5-8-19(9-6-17)28(4)23(30)18-7-10-20(21(25)15-18)16-11-13-26-14-12-16/h5-15H,1-4H3,(H,27,29). The van der Waals surface area contributed by atoms with Gasteiger partial charge in [0.25, 0.3) is 11.8 Å². The lowest BCUT2D eigenvalue weighted by Crippen LogP contribution is -2.40. The first kappa shape index (κ1) is 21.2. The SMILES string of the molecule is CN(C(=O)c1ccc(-c2ccncc2)c(F)c1)c1ccc(C(=O)NC(C)(C)C)cc1. The molecule has 0 bridgehead atoms.